The second-order valence-corrected chi connectivity index (χ2v) is 17.4. The van der Waals surface area contributed by atoms with Crippen molar-refractivity contribution in [1.82, 2.24) is 9.55 Å². The van der Waals surface area contributed by atoms with Crippen molar-refractivity contribution < 1.29 is 0 Å². The van der Waals surface area contributed by atoms with E-state index < -0.39 is 5.41 Å². The summed E-state index contributed by atoms with van der Waals surface area (Å²) in [6.45, 7) is 0. The van der Waals surface area contributed by atoms with Crippen LogP contribution in [0.2, 0.25) is 0 Å². The third-order valence-corrected chi connectivity index (χ3v) is 13.9. The number of hydrogen-bond donors (Lipinski definition) is 0. The van der Waals surface area contributed by atoms with Crippen molar-refractivity contribution in [3.05, 3.63) is 271 Å². The molecule has 0 saturated heterocycles. The van der Waals surface area contributed by atoms with Gasteiger partial charge in [-0.2, -0.15) is 0 Å². The number of hydrogen-bond acceptors (Lipinski definition) is 3. The van der Waals surface area contributed by atoms with Crippen molar-refractivity contribution in [2.75, 3.05) is 4.90 Å². The number of rotatable bonds is 9. The molecule has 2 heterocycles. The molecule has 1 aliphatic carbocycles. The highest BCUT2D eigenvalue weighted by molar-refractivity contribution is 7.18. The van der Waals surface area contributed by atoms with Gasteiger partial charge in [0.25, 0.3) is 0 Å². The van der Waals surface area contributed by atoms with Gasteiger partial charge in [0.2, 0.25) is 0 Å². The fourth-order valence-electron chi connectivity index (χ4n) is 9.86. The molecule has 2 aromatic heterocycles. The van der Waals surface area contributed by atoms with Gasteiger partial charge in [-0.1, -0.05) is 164 Å². The summed E-state index contributed by atoms with van der Waals surface area (Å²) in [5.41, 5.74) is 16.9. The molecule has 11 aromatic rings. The summed E-state index contributed by atoms with van der Waals surface area (Å²) in [5.74, 6) is 0.909. The molecule has 0 unspecified atom stereocenters. The van der Waals surface area contributed by atoms with Crippen LogP contribution in [0.3, 0.4) is 0 Å². The zero-order valence-corrected chi connectivity index (χ0v) is 35.7. The summed E-state index contributed by atoms with van der Waals surface area (Å²) in [6.07, 6.45) is 0. The van der Waals surface area contributed by atoms with Gasteiger partial charge in [-0.05, 0) is 129 Å². The third kappa shape index (κ3) is 6.22. The highest BCUT2D eigenvalue weighted by Crippen LogP contribution is 2.57. The van der Waals surface area contributed by atoms with Crippen molar-refractivity contribution in [3.63, 3.8) is 0 Å². The highest BCUT2D eigenvalue weighted by atomic mass is 32.1. The summed E-state index contributed by atoms with van der Waals surface area (Å²) in [7, 11) is 0. The quantitative estimate of drug-likeness (QED) is 0.144. The first kappa shape index (κ1) is 37.7. The second-order valence-electron chi connectivity index (χ2n) is 16.3. The molecular weight excluding hydrogens is 795 g/mol. The minimum absolute atomic E-state index is 0.518. The topological polar surface area (TPSA) is 21.1 Å². The molecule has 0 bridgehead atoms. The molecule has 9 aromatic carbocycles. The molecule has 0 saturated carbocycles. The van der Waals surface area contributed by atoms with Crippen LogP contribution < -0.4 is 4.90 Å². The number of thiophene rings is 1. The van der Waals surface area contributed by atoms with Gasteiger partial charge in [0.1, 0.15) is 5.82 Å². The molecule has 0 N–H and O–H groups in total. The van der Waals surface area contributed by atoms with E-state index >= 15 is 0 Å². The number of imidazole rings is 1. The van der Waals surface area contributed by atoms with Crippen LogP contribution in [0.4, 0.5) is 17.1 Å². The van der Waals surface area contributed by atoms with Crippen molar-refractivity contribution in [3.8, 4) is 49.1 Å². The van der Waals surface area contributed by atoms with Gasteiger partial charge < -0.3 is 4.90 Å². The average Bonchev–Trinajstić information content (AvgIpc) is 4.10. The Morgan fingerprint density at radius 1 is 0.391 bits per heavy atom. The number of benzene rings is 9. The minimum atomic E-state index is -0.518. The lowest BCUT2D eigenvalue weighted by Gasteiger charge is -2.35. The van der Waals surface area contributed by atoms with Gasteiger partial charge in [0.05, 0.1) is 16.4 Å². The first-order valence-electron chi connectivity index (χ1n) is 21.8. The Balaban J connectivity index is 1.02. The molecule has 0 spiro atoms. The molecule has 4 heteroatoms. The Morgan fingerprint density at radius 3 is 1.55 bits per heavy atom. The van der Waals surface area contributed by atoms with E-state index in [9.17, 15) is 0 Å². The van der Waals surface area contributed by atoms with E-state index in [1.54, 1.807) is 0 Å². The molecule has 3 nitrogen and oxygen atoms in total. The summed E-state index contributed by atoms with van der Waals surface area (Å²) in [4.78, 5) is 10.1. The number of aromatic nitrogens is 2. The largest absolute Gasteiger partial charge is 0.310 e. The fourth-order valence-corrected chi connectivity index (χ4v) is 10.9. The monoisotopic (exact) mass is 835 g/mol. The van der Waals surface area contributed by atoms with Crippen LogP contribution in [0.1, 0.15) is 22.3 Å². The lowest BCUT2D eigenvalue weighted by molar-refractivity contribution is 0.768. The number of fused-ring (bicyclic) bond motifs is 4. The molecule has 0 fully saturated rings. The standard InChI is InChI=1S/C60H41N3S/c1-5-17-42(18-6-1)57-39-40-58(64-57)43-29-33-48(34-30-43)62(49-35-31-44(32-36-49)59-61-55-27-15-16-28-56(55)63(59)47-23-11-4-12-24-47)50-37-38-52-51-25-13-14-26-53(51)60(54(52)41-50,45-19-7-2-8-20-45)46-21-9-3-10-22-46/h1-41H. The van der Waals surface area contributed by atoms with Crippen LogP contribution in [0, 0.1) is 0 Å². The maximum absolute atomic E-state index is 5.19. The van der Waals surface area contributed by atoms with Crippen LogP contribution >= 0.6 is 11.3 Å². The highest BCUT2D eigenvalue weighted by Gasteiger charge is 2.46. The molecule has 64 heavy (non-hydrogen) atoms. The van der Waals surface area contributed by atoms with Gasteiger partial charge in [-0.3, -0.25) is 4.57 Å². The van der Waals surface area contributed by atoms with E-state index in [-0.39, 0.29) is 0 Å². The van der Waals surface area contributed by atoms with Crippen molar-refractivity contribution in [1.29, 1.82) is 0 Å². The van der Waals surface area contributed by atoms with E-state index in [1.165, 1.54) is 54.3 Å². The lowest BCUT2D eigenvalue weighted by atomic mass is 9.67. The number of para-hydroxylation sites is 3. The molecule has 0 atom stereocenters. The average molecular weight is 836 g/mol. The normalized spacial score (nSPS) is 12.5. The zero-order chi connectivity index (χ0) is 42.5. The maximum atomic E-state index is 5.19. The van der Waals surface area contributed by atoms with Crippen molar-refractivity contribution in [2.45, 2.75) is 5.41 Å². The first-order chi connectivity index (χ1) is 31.7. The van der Waals surface area contributed by atoms with E-state index in [2.05, 4.69) is 258 Å². The van der Waals surface area contributed by atoms with Gasteiger partial charge in [-0.15, -0.1) is 11.3 Å². The number of anilines is 3. The van der Waals surface area contributed by atoms with Crippen LogP contribution in [0.25, 0.3) is 60.1 Å². The zero-order valence-electron chi connectivity index (χ0n) is 34.9. The van der Waals surface area contributed by atoms with Crippen LogP contribution in [0.15, 0.2) is 249 Å². The molecular formula is C60H41N3S. The molecule has 1 aliphatic rings. The van der Waals surface area contributed by atoms with Crippen molar-refractivity contribution in [2.24, 2.45) is 0 Å². The van der Waals surface area contributed by atoms with Gasteiger partial charge in [-0.25, -0.2) is 4.98 Å². The van der Waals surface area contributed by atoms with Gasteiger partial charge >= 0.3 is 0 Å². The predicted octanol–water partition coefficient (Wildman–Crippen LogP) is 15.9. The summed E-state index contributed by atoms with van der Waals surface area (Å²) in [5, 5.41) is 0. The van der Waals surface area contributed by atoms with E-state index in [0.29, 0.717) is 0 Å². The summed E-state index contributed by atoms with van der Waals surface area (Å²) < 4.78 is 2.26. The van der Waals surface area contributed by atoms with E-state index in [0.717, 1.165) is 45.2 Å². The molecule has 12 rings (SSSR count). The fraction of sp³-hybridized carbons (Fsp3) is 0.0167. The third-order valence-electron chi connectivity index (χ3n) is 12.7. The Labute approximate surface area is 377 Å². The predicted molar refractivity (Wildman–Crippen MR) is 267 cm³/mol. The van der Waals surface area contributed by atoms with Crippen molar-refractivity contribution >= 4 is 39.4 Å². The van der Waals surface area contributed by atoms with Crippen LogP contribution in [-0.4, -0.2) is 9.55 Å². The SMILES string of the molecule is c1ccc(-c2ccc(-c3ccc(N(c4ccc(-c5nc6ccccc6n5-c5ccccc5)cc4)c4ccc5c(c4)C(c4ccccc4)(c4ccccc4)c4ccccc4-5)cc3)s2)cc1. The van der Waals surface area contributed by atoms with E-state index in [1.807, 2.05) is 11.3 Å². The van der Waals surface area contributed by atoms with E-state index in [4.69, 9.17) is 4.98 Å². The lowest BCUT2D eigenvalue weighted by Crippen LogP contribution is -2.28. The second kappa shape index (κ2) is 15.7. The summed E-state index contributed by atoms with van der Waals surface area (Å²) >= 11 is 1.83. The minimum Gasteiger partial charge on any atom is -0.310 e. The molecule has 0 aliphatic heterocycles. The number of nitrogens with zero attached hydrogens (tertiary/aromatic N) is 3. The Bertz CT molecular complexity index is 3370. The molecule has 0 radical (unpaired) electrons. The maximum Gasteiger partial charge on any atom is 0.145 e. The molecule has 302 valence electrons. The van der Waals surface area contributed by atoms with Crippen LogP contribution in [-0.2, 0) is 5.41 Å². The Hall–Kier alpha value is -8.05. The smallest absolute Gasteiger partial charge is 0.145 e. The Morgan fingerprint density at radius 2 is 0.891 bits per heavy atom. The Kier molecular flexibility index (Phi) is 9.24. The van der Waals surface area contributed by atoms with Crippen LogP contribution in [0.5, 0.6) is 0 Å². The molecule has 0 amide bonds. The van der Waals surface area contributed by atoms with Gasteiger partial charge in [0, 0.05) is 38.1 Å². The summed E-state index contributed by atoms with van der Waals surface area (Å²) in [6, 6.07) is 90.1. The first-order valence-corrected chi connectivity index (χ1v) is 22.6. The van der Waals surface area contributed by atoms with Gasteiger partial charge in [0.15, 0.2) is 0 Å².